The monoisotopic (exact) mass is 279 g/mol. The highest BCUT2D eigenvalue weighted by molar-refractivity contribution is 9.09. The van der Waals surface area contributed by atoms with E-state index in [-0.39, 0.29) is 17.9 Å². The molecule has 0 spiro atoms. The quantitative estimate of drug-likeness (QED) is 0.829. The molecule has 1 N–H and O–H groups in total. The summed E-state index contributed by atoms with van der Waals surface area (Å²) in [5.74, 6) is 0.513. The fraction of sp³-hybridized carbons (Fsp3) is 0.462. The van der Waals surface area contributed by atoms with E-state index in [0.29, 0.717) is 4.83 Å². The van der Waals surface area contributed by atoms with Gasteiger partial charge in [-0.25, -0.2) is 0 Å². The highest BCUT2D eigenvalue weighted by Crippen LogP contribution is 2.37. The van der Waals surface area contributed by atoms with Crippen LogP contribution in [0.5, 0.6) is 0 Å². The minimum Gasteiger partial charge on any atom is -0.348 e. The number of rotatable bonds is 2. The largest absolute Gasteiger partial charge is 0.348 e. The number of hydrogen-bond acceptors (Lipinski definition) is 1. The second-order valence-electron chi connectivity index (χ2n) is 4.68. The molecule has 0 bridgehead atoms. The molecular formula is C13H14BrNO. The van der Waals surface area contributed by atoms with Crippen LogP contribution < -0.4 is 5.32 Å². The Balaban J connectivity index is 1.81. The summed E-state index contributed by atoms with van der Waals surface area (Å²) in [5, 5.41) is 3.16. The van der Waals surface area contributed by atoms with E-state index in [2.05, 4.69) is 39.4 Å². The Morgan fingerprint density at radius 3 is 2.81 bits per heavy atom. The molecule has 2 unspecified atom stereocenters. The summed E-state index contributed by atoms with van der Waals surface area (Å²) in [7, 11) is 0. The van der Waals surface area contributed by atoms with Gasteiger partial charge < -0.3 is 5.32 Å². The van der Waals surface area contributed by atoms with E-state index in [4.69, 9.17) is 0 Å². The molecule has 0 aliphatic heterocycles. The Bertz CT molecular complexity index is 428. The van der Waals surface area contributed by atoms with Gasteiger partial charge in [-0.05, 0) is 30.4 Å². The van der Waals surface area contributed by atoms with Crippen molar-refractivity contribution in [3.05, 3.63) is 35.4 Å². The molecule has 3 heteroatoms. The summed E-state index contributed by atoms with van der Waals surface area (Å²) in [5.41, 5.74) is 2.63. The van der Waals surface area contributed by atoms with Gasteiger partial charge in [-0.15, -0.1) is 0 Å². The first-order valence-electron chi connectivity index (χ1n) is 5.78. The van der Waals surface area contributed by atoms with Gasteiger partial charge in [0.15, 0.2) is 0 Å². The second-order valence-corrected chi connectivity index (χ2v) is 5.86. The van der Waals surface area contributed by atoms with Crippen molar-refractivity contribution in [1.82, 2.24) is 5.32 Å². The Morgan fingerprint density at radius 1 is 1.31 bits per heavy atom. The van der Waals surface area contributed by atoms with Gasteiger partial charge in [0.05, 0.1) is 6.04 Å². The lowest BCUT2D eigenvalue weighted by atomic mass is 10.1. The zero-order valence-corrected chi connectivity index (χ0v) is 10.5. The molecule has 0 aromatic heterocycles. The first-order chi connectivity index (χ1) is 7.75. The normalized spacial score (nSPS) is 27.6. The number of benzene rings is 1. The predicted molar refractivity (Wildman–Crippen MR) is 66.5 cm³/mol. The standard InChI is InChI=1S/C13H14BrNO/c14-11-7-9-3-1-2-4-10(9)12(11)15-13(16)8-5-6-8/h1-4,8,11-12H,5-7H2,(H,15,16). The molecule has 2 atom stereocenters. The van der Waals surface area contributed by atoms with E-state index in [1.165, 1.54) is 11.1 Å². The fourth-order valence-electron chi connectivity index (χ4n) is 2.33. The Hall–Kier alpha value is -0.830. The van der Waals surface area contributed by atoms with Gasteiger partial charge in [0.25, 0.3) is 0 Å². The molecule has 2 aliphatic rings. The van der Waals surface area contributed by atoms with Gasteiger partial charge in [0.1, 0.15) is 0 Å². The number of hydrogen-bond donors (Lipinski definition) is 1. The third-order valence-corrected chi connectivity index (χ3v) is 4.27. The fourth-order valence-corrected chi connectivity index (χ4v) is 3.10. The zero-order chi connectivity index (χ0) is 11.1. The van der Waals surface area contributed by atoms with Crippen molar-refractivity contribution in [2.45, 2.75) is 30.1 Å². The lowest BCUT2D eigenvalue weighted by Crippen LogP contribution is -2.32. The summed E-state index contributed by atoms with van der Waals surface area (Å²) < 4.78 is 0. The van der Waals surface area contributed by atoms with Crippen molar-refractivity contribution in [2.75, 3.05) is 0 Å². The summed E-state index contributed by atoms with van der Waals surface area (Å²) in [6.45, 7) is 0. The van der Waals surface area contributed by atoms with Crippen molar-refractivity contribution in [1.29, 1.82) is 0 Å². The summed E-state index contributed by atoms with van der Waals surface area (Å²) >= 11 is 3.67. The average molecular weight is 280 g/mol. The van der Waals surface area contributed by atoms with E-state index in [1.807, 2.05) is 6.07 Å². The van der Waals surface area contributed by atoms with Gasteiger partial charge in [-0.1, -0.05) is 40.2 Å². The minimum absolute atomic E-state index is 0.157. The Labute approximate surface area is 104 Å². The average Bonchev–Trinajstić information content (AvgIpc) is 3.06. The van der Waals surface area contributed by atoms with Crippen LogP contribution in [0.15, 0.2) is 24.3 Å². The number of fused-ring (bicyclic) bond motifs is 1. The molecular weight excluding hydrogens is 266 g/mol. The van der Waals surface area contributed by atoms with Crippen LogP contribution in [0.4, 0.5) is 0 Å². The van der Waals surface area contributed by atoms with Gasteiger partial charge in [-0.2, -0.15) is 0 Å². The van der Waals surface area contributed by atoms with Crippen molar-refractivity contribution in [2.24, 2.45) is 5.92 Å². The van der Waals surface area contributed by atoms with Crippen molar-refractivity contribution < 1.29 is 4.79 Å². The predicted octanol–water partition coefficient (Wildman–Crippen LogP) is 2.57. The van der Waals surface area contributed by atoms with Gasteiger partial charge in [0, 0.05) is 10.7 Å². The molecule has 3 rings (SSSR count). The molecule has 1 amide bonds. The molecule has 1 aromatic carbocycles. The van der Waals surface area contributed by atoms with Crippen LogP contribution in [0.2, 0.25) is 0 Å². The molecule has 0 saturated heterocycles. The maximum Gasteiger partial charge on any atom is 0.223 e. The number of carbonyl (C=O) groups excluding carboxylic acids is 1. The summed E-state index contributed by atoms with van der Waals surface area (Å²) in [6, 6.07) is 8.52. The van der Waals surface area contributed by atoms with E-state index < -0.39 is 0 Å². The first kappa shape index (κ1) is 10.3. The third-order valence-electron chi connectivity index (χ3n) is 3.41. The van der Waals surface area contributed by atoms with E-state index in [1.54, 1.807) is 0 Å². The zero-order valence-electron chi connectivity index (χ0n) is 8.95. The molecule has 2 nitrogen and oxygen atoms in total. The van der Waals surface area contributed by atoms with Crippen LogP contribution >= 0.6 is 15.9 Å². The summed E-state index contributed by atoms with van der Waals surface area (Å²) in [4.78, 5) is 12.1. The SMILES string of the molecule is O=C(NC1c2ccccc2CC1Br)C1CC1. The van der Waals surface area contributed by atoms with Crippen LogP contribution in [-0.2, 0) is 11.2 Å². The van der Waals surface area contributed by atoms with Crippen molar-refractivity contribution in [3.8, 4) is 0 Å². The molecule has 1 fully saturated rings. The molecule has 0 radical (unpaired) electrons. The maximum atomic E-state index is 11.8. The second kappa shape index (κ2) is 3.88. The number of halogens is 1. The maximum absolute atomic E-state index is 11.8. The molecule has 1 saturated carbocycles. The van der Waals surface area contributed by atoms with Crippen LogP contribution in [0.25, 0.3) is 0 Å². The highest BCUT2D eigenvalue weighted by atomic mass is 79.9. The van der Waals surface area contributed by atoms with E-state index in [0.717, 1.165) is 19.3 Å². The van der Waals surface area contributed by atoms with Gasteiger partial charge >= 0.3 is 0 Å². The van der Waals surface area contributed by atoms with Crippen LogP contribution in [0, 0.1) is 5.92 Å². The van der Waals surface area contributed by atoms with E-state index in [9.17, 15) is 4.79 Å². The highest BCUT2D eigenvalue weighted by Gasteiger charge is 2.36. The Kier molecular flexibility index (Phi) is 2.51. The smallest absolute Gasteiger partial charge is 0.223 e. The number of amides is 1. The molecule has 84 valence electrons. The van der Waals surface area contributed by atoms with Gasteiger partial charge in [-0.3, -0.25) is 4.79 Å². The lowest BCUT2D eigenvalue weighted by Gasteiger charge is -2.17. The summed E-state index contributed by atoms with van der Waals surface area (Å²) in [6.07, 6.45) is 3.13. The lowest BCUT2D eigenvalue weighted by molar-refractivity contribution is -0.123. The van der Waals surface area contributed by atoms with Crippen LogP contribution in [-0.4, -0.2) is 10.7 Å². The molecule has 1 aromatic rings. The molecule has 16 heavy (non-hydrogen) atoms. The van der Waals surface area contributed by atoms with E-state index >= 15 is 0 Å². The Morgan fingerprint density at radius 2 is 2.06 bits per heavy atom. The van der Waals surface area contributed by atoms with Gasteiger partial charge in [0.2, 0.25) is 5.91 Å². The van der Waals surface area contributed by atoms with Crippen molar-refractivity contribution >= 4 is 21.8 Å². The number of alkyl halides is 1. The van der Waals surface area contributed by atoms with Crippen LogP contribution in [0.1, 0.15) is 30.0 Å². The van der Waals surface area contributed by atoms with Crippen LogP contribution in [0.3, 0.4) is 0 Å². The first-order valence-corrected chi connectivity index (χ1v) is 6.69. The third kappa shape index (κ3) is 1.77. The van der Waals surface area contributed by atoms with Crippen molar-refractivity contribution in [3.63, 3.8) is 0 Å². The number of carbonyl (C=O) groups is 1. The number of nitrogens with one attached hydrogen (secondary N) is 1. The molecule has 0 heterocycles. The minimum atomic E-state index is 0.157. The molecule has 2 aliphatic carbocycles. The topological polar surface area (TPSA) is 29.1 Å².